The van der Waals surface area contributed by atoms with Crippen molar-refractivity contribution in [3.05, 3.63) is 159 Å². The summed E-state index contributed by atoms with van der Waals surface area (Å²) in [7, 11) is -4.35. The van der Waals surface area contributed by atoms with E-state index in [0.717, 1.165) is 21.9 Å². The number of nitrogens with zero attached hydrogens (tertiary/aromatic N) is 6. The first-order valence-corrected chi connectivity index (χ1v) is 19.2. The van der Waals surface area contributed by atoms with Crippen LogP contribution in [-0.2, 0) is 9.84 Å². The number of nitrogen functional groups attached to an aromatic ring is 2. The van der Waals surface area contributed by atoms with E-state index in [2.05, 4.69) is 4.85 Å². The van der Waals surface area contributed by atoms with Crippen molar-refractivity contribution in [3.8, 4) is 40.5 Å². The molecule has 0 bridgehead atoms. The number of amides is 4. The second-order valence-electron chi connectivity index (χ2n) is 13.4. The molecule has 0 atom stereocenters. The third-order valence-corrected chi connectivity index (χ3v) is 12.3. The molecule has 60 heavy (non-hydrogen) atoms. The van der Waals surface area contributed by atoms with Crippen LogP contribution in [0.4, 0.5) is 28.4 Å². The molecule has 286 valence electrons. The summed E-state index contributed by atoms with van der Waals surface area (Å²) in [4.78, 5) is 58.9. The van der Waals surface area contributed by atoms with Gasteiger partial charge in [-0.15, -0.1) is 0 Å². The smallest absolute Gasteiger partial charge is 0.266 e. The largest absolute Gasteiger partial charge is 0.400 e. The highest BCUT2D eigenvalue weighted by molar-refractivity contribution is 7.91. The molecule has 4 amide bonds. The average molecular weight is 825 g/mol. The summed E-state index contributed by atoms with van der Waals surface area (Å²) >= 11 is 6.52. The molecular weight excluding hydrogens is 804 g/mol. The molecule has 0 fully saturated rings. The summed E-state index contributed by atoms with van der Waals surface area (Å²) in [6.45, 7) is 7.58. The van der Waals surface area contributed by atoms with E-state index < -0.39 is 33.5 Å². The molecule has 6 aromatic carbocycles. The monoisotopic (exact) mass is 824 g/mol. The van der Waals surface area contributed by atoms with Gasteiger partial charge in [0.05, 0.1) is 89.9 Å². The number of carbonyl (C=O) groups is 4. The summed E-state index contributed by atoms with van der Waals surface area (Å²) in [6.07, 6.45) is 0. The predicted molar refractivity (Wildman–Crippen MR) is 219 cm³/mol. The van der Waals surface area contributed by atoms with Crippen LogP contribution >= 0.6 is 11.6 Å². The van der Waals surface area contributed by atoms with Crippen molar-refractivity contribution in [2.75, 3.05) is 21.3 Å². The first-order chi connectivity index (χ1) is 28.7. The Labute approximate surface area is 345 Å². The molecule has 0 saturated carbocycles. The summed E-state index contributed by atoms with van der Waals surface area (Å²) in [6, 6.07) is 28.7. The molecule has 0 aromatic heterocycles. The van der Waals surface area contributed by atoms with Gasteiger partial charge in [0.1, 0.15) is 0 Å². The fraction of sp³-hybridized carbons (Fsp3) is 0. The van der Waals surface area contributed by atoms with Crippen LogP contribution < -0.4 is 21.3 Å². The zero-order valence-corrected chi connectivity index (χ0v) is 32.0. The molecule has 0 radical (unpaired) electrons. The third kappa shape index (κ3) is 5.87. The summed E-state index contributed by atoms with van der Waals surface area (Å²) in [5.74, 6) is -2.84. The number of sulfone groups is 1. The molecular formula is C44H21ClN8O6S. The van der Waals surface area contributed by atoms with Crippen molar-refractivity contribution in [2.45, 2.75) is 9.79 Å². The number of fused-ring (bicyclic) bond motifs is 2. The molecule has 2 aliphatic rings. The number of carbonyl (C=O) groups excluding carboxylic acids is 4. The Morgan fingerprint density at radius 2 is 1.02 bits per heavy atom. The number of rotatable bonds is 6. The van der Waals surface area contributed by atoms with Crippen molar-refractivity contribution in [3.63, 3.8) is 0 Å². The fourth-order valence-electron chi connectivity index (χ4n) is 7.29. The van der Waals surface area contributed by atoms with Gasteiger partial charge in [-0.1, -0.05) is 23.7 Å². The number of anilines is 4. The van der Waals surface area contributed by atoms with Gasteiger partial charge in [-0.3, -0.25) is 19.2 Å². The normalized spacial score (nSPS) is 13.0. The standard InChI is InChI=1S/C44H21ClN8O6S/c1-51-37-17-28(50)14-26(21-48)40(37)23-3-10-33-35(16-23)44(57)53(42(33)55)30-6-11-38(36(45)18-30)60(58,59)31-7-4-29(5-8-31)52-41(54)32-9-2-22(15-34(32)43(52)56)39-24(19-46)12-27(49)13-25(39)20-47/h2-18H,49-50H2. The molecule has 0 saturated heterocycles. The molecule has 0 spiro atoms. The Balaban J connectivity index is 1.05. The highest BCUT2D eigenvalue weighted by Crippen LogP contribution is 2.41. The molecule has 16 heteroatoms. The lowest BCUT2D eigenvalue weighted by Crippen LogP contribution is -2.29. The van der Waals surface area contributed by atoms with Gasteiger partial charge in [0.25, 0.3) is 23.6 Å². The van der Waals surface area contributed by atoms with E-state index in [4.69, 9.17) is 29.6 Å². The van der Waals surface area contributed by atoms with Gasteiger partial charge in [-0.2, -0.15) is 15.8 Å². The highest BCUT2D eigenvalue weighted by atomic mass is 35.5. The van der Waals surface area contributed by atoms with Gasteiger partial charge < -0.3 is 11.5 Å². The van der Waals surface area contributed by atoms with Gasteiger partial charge in [-0.05, 0) is 102 Å². The van der Waals surface area contributed by atoms with Crippen LogP contribution in [0.25, 0.3) is 27.1 Å². The number of hydrogen-bond acceptors (Lipinski definition) is 11. The minimum atomic E-state index is -4.35. The van der Waals surface area contributed by atoms with Crippen LogP contribution in [0.5, 0.6) is 0 Å². The van der Waals surface area contributed by atoms with Crippen LogP contribution in [0, 0.1) is 40.6 Å². The number of nitriles is 3. The SMILES string of the molecule is [C-]#[N+]c1cc(N)cc(C#N)c1-c1ccc2c(c1)C(=O)N(c1ccc(S(=O)(=O)c3ccc(N4C(=O)c5ccc(-c6c(C#N)cc(N)cc6C#N)cc5C4=O)cc3)c(Cl)c1)C2=O. The molecule has 14 nitrogen and oxygen atoms in total. The van der Waals surface area contributed by atoms with Gasteiger partial charge in [0.15, 0.2) is 5.69 Å². The zero-order chi connectivity index (χ0) is 42.8. The summed E-state index contributed by atoms with van der Waals surface area (Å²) < 4.78 is 27.7. The van der Waals surface area contributed by atoms with Crippen LogP contribution in [-0.4, -0.2) is 32.0 Å². The van der Waals surface area contributed by atoms with E-state index in [1.165, 1.54) is 91.0 Å². The molecule has 2 aliphatic heterocycles. The van der Waals surface area contributed by atoms with Gasteiger partial charge >= 0.3 is 0 Å². The maximum Gasteiger partial charge on any atom is 0.266 e. The van der Waals surface area contributed by atoms with Gasteiger partial charge in [0, 0.05) is 22.5 Å². The molecule has 4 N–H and O–H groups in total. The minimum Gasteiger partial charge on any atom is -0.400 e. The lowest BCUT2D eigenvalue weighted by atomic mass is 9.92. The van der Waals surface area contributed by atoms with Gasteiger partial charge in [-0.25, -0.2) is 23.1 Å². The number of hydrogen-bond donors (Lipinski definition) is 2. The molecule has 2 heterocycles. The second-order valence-corrected chi connectivity index (χ2v) is 15.8. The van der Waals surface area contributed by atoms with Crippen LogP contribution in [0.1, 0.15) is 58.1 Å². The average Bonchev–Trinajstić information content (AvgIpc) is 3.65. The van der Waals surface area contributed by atoms with Crippen LogP contribution in [0.15, 0.2) is 113 Å². The topological polar surface area (TPSA) is 237 Å². The summed E-state index contributed by atoms with van der Waals surface area (Å²) in [5.41, 5.74) is 13.8. The Hall–Kier alpha value is -8.60. The first kappa shape index (κ1) is 38.3. The van der Waals surface area contributed by atoms with Crippen molar-refractivity contribution in [1.82, 2.24) is 0 Å². The van der Waals surface area contributed by atoms with E-state index in [1.807, 2.05) is 18.2 Å². The fourth-order valence-corrected chi connectivity index (χ4v) is 9.08. The lowest BCUT2D eigenvalue weighted by molar-refractivity contribution is 0.0910. The number of halogens is 1. The maximum absolute atomic E-state index is 13.8. The Bertz CT molecular complexity index is 3230. The van der Waals surface area contributed by atoms with Crippen LogP contribution in [0.3, 0.4) is 0 Å². The van der Waals surface area contributed by atoms with Gasteiger partial charge in [0.2, 0.25) is 9.84 Å². The van der Waals surface area contributed by atoms with Crippen molar-refractivity contribution in [2.24, 2.45) is 0 Å². The number of nitrogens with two attached hydrogens (primary N) is 2. The number of benzene rings is 6. The number of imide groups is 2. The highest BCUT2D eigenvalue weighted by Gasteiger charge is 2.39. The Kier molecular flexibility index (Phi) is 9.00. The first-order valence-electron chi connectivity index (χ1n) is 17.4. The maximum atomic E-state index is 13.8. The third-order valence-electron chi connectivity index (χ3n) is 10.0. The Morgan fingerprint density at radius 1 is 0.567 bits per heavy atom. The quantitative estimate of drug-likeness (QED) is 0.0951. The zero-order valence-electron chi connectivity index (χ0n) is 30.4. The molecule has 8 rings (SSSR count). The lowest BCUT2D eigenvalue weighted by Gasteiger charge is -2.16. The second kappa shape index (κ2) is 14.1. The molecule has 6 aromatic rings. The van der Waals surface area contributed by atoms with Crippen LogP contribution in [0.2, 0.25) is 5.02 Å². The Morgan fingerprint density at radius 3 is 1.52 bits per heavy atom. The predicted octanol–water partition coefficient (Wildman–Crippen LogP) is 7.44. The summed E-state index contributed by atoms with van der Waals surface area (Å²) in [5, 5.41) is 28.8. The molecule has 0 aliphatic carbocycles. The van der Waals surface area contributed by atoms with E-state index in [0.29, 0.717) is 11.1 Å². The van der Waals surface area contributed by atoms with Crippen molar-refractivity contribution in [1.29, 1.82) is 15.8 Å². The van der Waals surface area contributed by atoms with E-state index in [1.54, 1.807) is 0 Å². The van der Waals surface area contributed by atoms with E-state index in [-0.39, 0.29) is 93.3 Å². The van der Waals surface area contributed by atoms with E-state index in [9.17, 15) is 43.4 Å². The van der Waals surface area contributed by atoms with Crippen molar-refractivity contribution >= 4 is 73.5 Å². The minimum absolute atomic E-state index is 0.00773. The van der Waals surface area contributed by atoms with E-state index >= 15 is 0 Å². The van der Waals surface area contributed by atoms with Crippen molar-refractivity contribution < 1.29 is 27.6 Å². The molecule has 0 unspecified atom stereocenters.